The van der Waals surface area contributed by atoms with E-state index in [1.807, 2.05) is 6.92 Å². The third kappa shape index (κ3) is 3.33. The van der Waals surface area contributed by atoms with Gasteiger partial charge in [0.2, 0.25) is 15.6 Å². The zero-order valence-corrected chi connectivity index (χ0v) is 14.4. The van der Waals surface area contributed by atoms with Crippen molar-refractivity contribution in [2.45, 2.75) is 11.8 Å². The summed E-state index contributed by atoms with van der Waals surface area (Å²) in [6.07, 6.45) is 3.51. The molecule has 0 aliphatic heterocycles. The molecule has 3 nitrogen and oxygen atoms in total. The van der Waals surface area contributed by atoms with Crippen molar-refractivity contribution in [3.63, 3.8) is 0 Å². The molecule has 112 valence electrons. The van der Waals surface area contributed by atoms with Gasteiger partial charge in [-0.2, -0.15) is 21.8 Å². The molecular formula is C15H16O3S3. The van der Waals surface area contributed by atoms with Gasteiger partial charge in [0.15, 0.2) is 0 Å². The zero-order valence-electron chi connectivity index (χ0n) is 12.0. The van der Waals surface area contributed by atoms with Crippen molar-refractivity contribution >= 4 is 41.6 Å². The molecule has 1 aromatic heterocycles. The molecule has 0 saturated heterocycles. The second kappa shape index (κ2) is 6.25. The number of aryl methyl sites for hydroxylation is 1. The van der Waals surface area contributed by atoms with Gasteiger partial charge < -0.3 is 0 Å². The Kier molecular flexibility index (Phi) is 4.81. The fourth-order valence-electron chi connectivity index (χ4n) is 1.86. The number of carbonyl (C=O) groups excluding carboxylic acids is 1. The van der Waals surface area contributed by atoms with E-state index in [1.165, 1.54) is 11.3 Å². The topological polar surface area (TPSA) is 51.2 Å². The predicted molar refractivity (Wildman–Crippen MR) is 91.5 cm³/mol. The Morgan fingerprint density at radius 2 is 1.71 bits per heavy atom. The number of Topliss-reactive ketones (excluding diaryl/α,β-unsaturated/α-hetero) is 1. The van der Waals surface area contributed by atoms with Crippen LogP contribution in [0.4, 0.5) is 0 Å². The van der Waals surface area contributed by atoms with Gasteiger partial charge in [-0.3, -0.25) is 4.79 Å². The normalized spacial score (nSPS) is 11.6. The van der Waals surface area contributed by atoms with Gasteiger partial charge in [0, 0.05) is 10.9 Å². The van der Waals surface area contributed by atoms with E-state index in [4.69, 9.17) is 0 Å². The van der Waals surface area contributed by atoms with E-state index in [0.29, 0.717) is 5.56 Å². The first-order valence-electron chi connectivity index (χ1n) is 6.17. The van der Waals surface area contributed by atoms with Crippen LogP contribution >= 0.6 is 21.8 Å². The molecule has 0 amide bonds. The number of hydrogen-bond acceptors (Lipinski definition) is 4. The van der Waals surface area contributed by atoms with Crippen LogP contribution in [-0.2, 0) is 9.84 Å². The minimum atomic E-state index is -3.76. The third-order valence-electron chi connectivity index (χ3n) is 2.91. The highest BCUT2D eigenvalue weighted by Crippen LogP contribution is 2.22. The second-order valence-electron chi connectivity index (χ2n) is 4.76. The van der Waals surface area contributed by atoms with Crippen LogP contribution in [0.15, 0.2) is 46.0 Å². The number of carbonyl (C=O) groups is 1. The van der Waals surface area contributed by atoms with Crippen molar-refractivity contribution in [1.82, 2.24) is 0 Å². The highest BCUT2D eigenvalue weighted by molar-refractivity contribution is 8.32. The Labute approximate surface area is 131 Å². The average Bonchev–Trinajstić information content (AvgIpc) is 2.92. The maximum atomic E-state index is 12.8. The van der Waals surface area contributed by atoms with E-state index in [0.717, 1.165) is 5.56 Å². The number of sulfone groups is 1. The number of rotatable bonds is 3. The van der Waals surface area contributed by atoms with Gasteiger partial charge in [-0.25, -0.2) is 8.42 Å². The second-order valence-corrected chi connectivity index (χ2v) is 9.73. The van der Waals surface area contributed by atoms with Gasteiger partial charge in [0.1, 0.15) is 4.20 Å². The van der Waals surface area contributed by atoms with Crippen LogP contribution in [0.5, 0.6) is 0 Å². The Hall–Kier alpha value is -1.24. The standard InChI is InChI=1S/C15H16O3S3/c1-11-4-6-13(7-5-11)21(17,18)15(20(2)3)14(16)12-8-9-19-10-12/h4-10H,1-3H3. The van der Waals surface area contributed by atoms with Gasteiger partial charge in [0.05, 0.1) is 4.90 Å². The Morgan fingerprint density at radius 1 is 1.10 bits per heavy atom. The molecule has 0 unspecified atom stereocenters. The molecule has 0 fully saturated rings. The van der Waals surface area contributed by atoms with Crippen molar-refractivity contribution < 1.29 is 13.2 Å². The van der Waals surface area contributed by atoms with Crippen molar-refractivity contribution in [2.24, 2.45) is 0 Å². The number of hydrogen-bond donors (Lipinski definition) is 0. The van der Waals surface area contributed by atoms with Gasteiger partial charge in [-0.05, 0) is 43.0 Å². The molecule has 0 N–H and O–H groups in total. The van der Waals surface area contributed by atoms with Gasteiger partial charge in [-0.15, -0.1) is 0 Å². The molecule has 0 atom stereocenters. The monoisotopic (exact) mass is 340 g/mol. The summed E-state index contributed by atoms with van der Waals surface area (Å²) in [7, 11) is -4.42. The molecular weight excluding hydrogens is 324 g/mol. The van der Waals surface area contributed by atoms with E-state index < -0.39 is 26.1 Å². The zero-order chi connectivity index (χ0) is 15.6. The SMILES string of the molecule is Cc1ccc(S(=O)(=O)C(C(=O)c2ccsc2)=S(C)C)cc1. The summed E-state index contributed by atoms with van der Waals surface area (Å²) in [4.78, 5) is 12.7. The summed E-state index contributed by atoms with van der Waals surface area (Å²) in [5, 5.41) is 3.45. The van der Waals surface area contributed by atoms with Crippen molar-refractivity contribution in [3.8, 4) is 0 Å². The van der Waals surface area contributed by atoms with Gasteiger partial charge in [-0.1, -0.05) is 17.7 Å². The molecule has 1 aromatic carbocycles. The molecule has 2 aromatic rings. The van der Waals surface area contributed by atoms with E-state index in [-0.39, 0.29) is 9.09 Å². The van der Waals surface area contributed by atoms with Crippen molar-refractivity contribution in [1.29, 1.82) is 0 Å². The Bertz CT molecular complexity index is 779. The van der Waals surface area contributed by atoms with E-state index in [1.54, 1.807) is 53.6 Å². The van der Waals surface area contributed by atoms with Gasteiger partial charge in [0.25, 0.3) is 0 Å². The van der Waals surface area contributed by atoms with E-state index in [2.05, 4.69) is 0 Å². The molecule has 2 rings (SSSR count). The molecule has 6 heteroatoms. The maximum absolute atomic E-state index is 12.8. The predicted octanol–water partition coefficient (Wildman–Crippen LogP) is 3.37. The molecule has 0 bridgehead atoms. The fourth-order valence-corrected chi connectivity index (χ4v) is 6.10. The maximum Gasteiger partial charge on any atom is 0.215 e. The summed E-state index contributed by atoms with van der Waals surface area (Å²) in [5.74, 6) is -0.398. The highest BCUT2D eigenvalue weighted by Gasteiger charge is 2.29. The average molecular weight is 340 g/mol. The molecule has 0 spiro atoms. The van der Waals surface area contributed by atoms with Crippen LogP contribution in [0.3, 0.4) is 0 Å². The fraction of sp³-hybridized carbons (Fsp3) is 0.200. The Morgan fingerprint density at radius 3 is 2.19 bits per heavy atom. The lowest BCUT2D eigenvalue weighted by Gasteiger charge is -2.10. The summed E-state index contributed by atoms with van der Waals surface area (Å²) < 4.78 is 25.5. The number of benzene rings is 1. The van der Waals surface area contributed by atoms with Crippen LogP contribution in [-0.4, -0.2) is 30.9 Å². The van der Waals surface area contributed by atoms with E-state index >= 15 is 0 Å². The number of thiophene rings is 1. The third-order valence-corrected chi connectivity index (χ3v) is 7.75. The van der Waals surface area contributed by atoms with Crippen LogP contribution in [0.1, 0.15) is 15.9 Å². The van der Waals surface area contributed by atoms with Crippen LogP contribution in [0, 0.1) is 6.92 Å². The lowest BCUT2D eigenvalue weighted by Crippen LogP contribution is -2.24. The first kappa shape index (κ1) is 16.1. The summed E-state index contributed by atoms with van der Waals surface area (Å²) in [6.45, 7) is 1.89. The molecule has 0 aliphatic rings. The van der Waals surface area contributed by atoms with Crippen LogP contribution in [0.25, 0.3) is 0 Å². The molecule has 0 saturated carbocycles. The van der Waals surface area contributed by atoms with Crippen LogP contribution in [0.2, 0.25) is 0 Å². The molecule has 21 heavy (non-hydrogen) atoms. The molecule has 0 radical (unpaired) electrons. The summed E-state index contributed by atoms with van der Waals surface area (Å²) >= 11 is 1.38. The highest BCUT2D eigenvalue weighted by atomic mass is 32.2. The first-order valence-corrected chi connectivity index (χ1v) is 10.6. The van der Waals surface area contributed by atoms with E-state index in [9.17, 15) is 13.2 Å². The molecule has 1 heterocycles. The van der Waals surface area contributed by atoms with Crippen molar-refractivity contribution in [2.75, 3.05) is 12.5 Å². The lowest BCUT2D eigenvalue weighted by atomic mass is 10.2. The summed E-state index contributed by atoms with van der Waals surface area (Å²) in [5.41, 5.74) is 1.42. The smallest absolute Gasteiger partial charge is 0.215 e. The lowest BCUT2D eigenvalue weighted by molar-refractivity contribution is 0.107. The molecule has 0 aliphatic carbocycles. The minimum absolute atomic E-state index is 0.0234. The minimum Gasteiger partial charge on any atom is -0.287 e. The number of ketones is 1. The largest absolute Gasteiger partial charge is 0.287 e. The van der Waals surface area contributed by atoms with Crippen molar-refractivity contribution in [3.05, 3.63) is 52.2 Å². The van der Waals surface area contributed by atoms with Gasteiger partial charge >= 0.3 is 0 Å². The summed E-state index contributed by atoms with van der Waals surface area (Å²) in [6, 6.07) is 8.24. The quantitative estimate of drug-likeness (QED) is 0.636. The van der Waals surface area contributed by atoms with Crippen LogP contribution < -0.4 is 0 Å². The first-order chi connectivity index (χ1) is 9.84. The Balaban J connectivity index is 2.56.